The van der Waals surface area contributed by atoms with Crippen molar-refractivity contribution in [2.75, 3.05) is 6.54 Å². The summed E-state index contributed by atoms with van der Waals surface area (Å²) >= 11 is 5.96. The van der Waals surface area contributed by atoms with Crippen molar-refractivity contribution < 1.29 is 14.7 Å². The van der Waals surface area contributed by atoms with Gasteiger partial charge in [0.2, 0.25) is 0 Å². The largest absolute Gasteiger partial charge is 0.481 e. The lowest BCUT2D eigenvalue weighted by molar-refractivity contribution is -0.137. The molecule has 104 valence electrons. The summed E-state index contributed by atoms with van der Waals surface area (Å²) in [6.07, 6.45) is 0.664. The minimum atomic E-state index is -0.816. The van der Waals surface area contributed by atoms with Crippen LogP contribution >= 0.6 is 11.6 Å². The topological polar surface area (TPSA) is 66.4 Å². The molecule has 1 aromatic carbocycles. The van der Waals surface area contributed by atoms with Crippen LogP contribution in [0.3, 0.4) is 0 Å². The summed E-state index contributed by atoms with van der Waals surface area (Å²) in [5.41, 5.74) is 1.44. The molecule has 0 aliphatic heterocycles. The maximum Gasteiger partial charge on any atom is 0.303 e. The molecular weight excluding hydrogens is 266 g/mol. The molecule has 1 aromatic rings. The fraction of sp³-hybridized carbons (Fsp3) is 0.429. The van der Waals surface area contributed by atoms with Gasteiger partial charge in [0.25, 0.3) is 5.91 Å². The molecule has 0 bridgehead atoms. The molecule has 0 saturated heterocycles. The van der Waals surface area contributed by atoms with Gasteiger partial charge in [-0.2, -0.15) is 0 Å². The minimum absolute atomic E-state index is 0.118. The van der Waals surface area contributed by atoms with E-state index < -0.39 is 5.97 Å². The highest BCUT2D eigenvalue weighted by Gasteiger charge is 2.10. The number of aryl methyl sites for hydroxylation is 1. The SMILES string of the molecule is Cc1ccc(C(=O)NCC(C)CCC(=O)O)cc1Cl. The van der Waals surface area contributed by atoms with Crippen LogP contribution in [0.1, 0.15) is 35.7 Å². The number of hydrogen-bond donors (Lipinski definition) is 2. The standard InChI is InChI=1S/C14H18ClNO3/c1-9(3-6-13(17)18)8-16-14(19)11-5-4-10(2)12(15)7-11/h4-5,7,9H,3,6,8H2,1-2H3,(H,16,19)(H,17,18). The van der Waals surface area contributed by atoms with Crippen molar-refractivity contribution in [2.24, 2.45) is 5.92 Å². The van der Waals surface area contributed by atoms with E-state index >= 15 is 0 Å². The molecule has 0 aliphatic carbocycles. The average molecular weight is 284 g/mol. The first-order valence-corrected chi connectivity index (χ1v) is 6.54. The predicted molar refractivity (Wildman–Crippen MR) is 74.6 cm³/mol. The van der Waals surface area contributed by atoms with Crippen LogP contribution in [-0.4, -0.2) is 23.5 Å². The van der Waals surface area contributed by atoms with E-state index in [1.54, 1.807) is 18.2 Å². The van der Waals surface area contributed by atoms with Crippen molar-refractivity contribution in [3.05, 3.63) is 34.3 Å². The lowest BCUT2D eigenvalue weighted by atomic mass is 10.1. The number of carbonyl (C=O) groups is 2. The molecule has 1 rings (SSSR count). The zero-order valence-electron chi connectivity index (χ0n) is 11.1. The van der Waals surface area contributed by atoms with Gasteiger partial charge in [0.05, 0.1) is 0 Å². The van der Waals surface area contributed by atoms with E-state index in [0.29, 0.717) is 23.6 Å². The summed E-state index contributed by atoms with van der Waals surface area (Å²) in [5.74, 6) is -0.881. The lowest BCUT2D eigenvalue weighted by Crippen LogP contribution is -2.28. The Kier molecular flexibility index (Phi) is 5.83. The van der Waals surface area contributed by atoms with Gasteiger partial charge in [0, 0.05) is 23.6 Å². The van der Waals surface area contributed by atoms with Crippen molar-refractivity contribution in [3.63, 3.8) is 0 Å². The van der Waals surface area contributed by atoms with Crippen LogP contribution in [0.4, 0.5) is 0 Å². The molecule has 19 heavy (non-hydrogen) atoms. The Morgan fingerprint density at radius 1 is 1.42 bits per heavy atom. The molecule has 1 unspecified atom stereocenters. The van der Waals surface area contributed by atoms with Gasteiger partial charge in [-0.3, -0.25) is 9.59 Å². The van der Waals surface area contributed by atoms with Gasteiger partial charge in [0.15, 0.2) is 0 Å². The molecule has 0 aliphatic rings. The van der Waals surface area contributed by atoms with Crippen molar-refractivity contribution in [1.82, 2.24) is 5.32 Å². The van der Waals surface area contributed by atoms with Gasteiger partial charge in [0.1, 0.15) is 0 Å². The first kappa shape index (κ1) is 15.5. The molecule has 0 radical (unpaired) electrons. The summed E-state index contributed by atoms with van der Waals surface area (Å²) in [6.45, 7) is 4.24. The van der Waals surface area contributed by atoms with E-state index in [4.69, 9.17) is 16.7 Å². The summed E-state index contributed by atoms with van der Waals surface area (Å²) < 4.78 is 0. The molecule has 2 N–H and O–H groups in total. The zero-order chi connectivity index (χ0) is 14.4. The fourth-order valence-corrected chi connectivity index (χ4v) is 1.76. The number of carboxylic acids is 1. The minimum Gasteiger partial charge on any atom is -0.481 e. The third kappa shape index (κ3) is 5.30. The summed E-state index contributed by atoms with van der Waals surface area (Å²) in [4.78, 5) is 22.3. The first-order valence-electron chi connectivity index (χ1n) is 6.16. The van der Waals surface area contributed by atoms with Gasteiger partial charge in [-0.1, -0.05) is 24.6 Å². The van der Waals surface area contributed by atoms with Gasteiger partial charge in [-0.05, 0) is 37.0 Å². The van der Waals surface area contributed by atoms with E-state index in [1.165, 1.54) is 0 Å². The molecule has 4 nitrogen and oxygen atoms in total. The zero-order valence-corrected chi connectivity index (χ0v) is 11.8. The number of amides is 1. The number of halogens is 1. The van der Waals surface area contributed by atoms with Crippen LogP contribution in [0.5, 0.6) is 0 Å². The smallest absolute Gasteiger partial charge is 0.303 e. The lowest BCUT2D eigenvalue weighted by Gasteiger charge is -2.11. The first-order chi connectivity index (χ1) is 8.90. The van der Waals surface area contributed by atoms with Crippen LogP contribution < -0.4 is 5.32 Å². The van der Waals surface area contributed by atoms with E-state index in [0.717, 1.165) is 5.56 Å². The highest BCUT2D eigenvalue weighted by Crippen LogP contribution is 2.16. The van der Waals surface area contributed by atoms with E-state index in [-0.39, 0.29) is 18.2 Å². The van der Waals surface area contributed by atoms with E-state index in [2.05, 4.69) is 5.32 Å². The Bertz CT molecular complexity index is 474. The average Bonchev–Trinajstić information content (AvgIpc) is 2.36. The molecular formula is C14H18ClNO3. The van der Waals surface area contributed by atoms with Crippen molar-refractivity contribution in [1.29, 1.82) is 0 Å². The van der Waals surface area contributed by atoms with Crippen molar-refractivity contribution in [3.8, 4) is 0 Å². The second-order valence-electron chi connectivity index (χ2n) is 4.71. The maximum absolute atomic E-state index is 11.9. The molecule has 1 atom stereocenters. The normalized spacial score (nSPS) is 11.9. The predicted octanol–water partition coefficient (Wildman–Crippen LogP) is 2.88. The van der Waals surface area contributed by atoms with E-state index in [9.17, 15) is 9.59 Å². The van der Waals surface area contributed by atoms with Gasteiger partial charge in [-0.25, -0.2) is 0 Å². The third-order valence-electron chi connectivity index (χ3n) is 2.90. The summed E-state index contributed by atoms with van der Waals surface area (Å²) in [5, 5.41) is 11.9. The Balaban J connectivity index is 2.46. The maximum atomic E-state index is 11.9. The number of benzene rings is 1. The Morgan fingerprint density at radius 2 is 2.11 bits per heavy atom. The molecule has 0 heterocycles. The Labute approximate surface area is 117 Å². The van der Waals surface area contributed by atoms with Crippen molar-refractivity contribution >= 4 is 23.5 Å². The molecule has 0 spiro atoms. The number of carboxylic acid groups (broad SMARTS) is 1. The van der Waals surface area contributed by atoms with Crippen molar-refractivity contribution in [2.45, 2.75) is 26.7 Å². The molecule has 5 heteroatoms. The van der Waals surface area contributed by atoms with Crippen LogP contribution in [-0.2, 0) is 4.79 Å². The highest BCUT2D eigenvalue weighted by atomic mass is 35.5. The molecule has 0 saturated carbocycles. The Hall–Kier alpha value is -1.55. The monoisotopic (exact) mass is 283 g/mol. The number of hydrogen-bond acceptors (Lipinski definition) is 2. The number of nitrogens with one attached hydrogen (secondary N) is 1. The van der Waals surface area contributed by atoms with Crippen LogP contribution in [0, 0.1) is 12.8 Å². The van der Waals surface area contributed by atoms with Gasteiger partial charge >= 0.3 is 5.97 Å². The van der Waals surface area contributed by atoms with Gasteiger partial charge in [-0.15, -0.1) is 0 Å². The Morgan fingerprint density at radius 3 is 2.68 bits per heavy atom. The summed E-state index contributed by atoms with van der Waals surface area (Å²) in [7, 11) is 0. The number of rotatable bonds is 6. The quantitative estimate of drug-likeness (QED) is 0.843. The highest BCUT2D eigenvalue weighted by molar-refractivity contribution is 6.31. The van der Waals surface area contributed by atoms with Crippen LogP contribution in [0.15, 0.2) is 18.2 Å². The molecule has 0 fully saturated rings. The second-order valence-corrected chi connectivity index (χ2v) is 5.12. The number of carbonyl (C=O) groups excluding carboxylic acids is 1. The van der Waals surface area contributed by atoms with Crippen LogP contribution in [0.25, 0.3) is 0 Å². The van der Waals surface area contributed by atoms with Gasteiger partial charge < -0.3 is 10.4 Å². The summed E-state index contributed by atoms with van der Waals surface area (Å²) in [6, 6.07) is 5.15. The number of aliphatic carboxylic acids is 1. The second kappa shape index (κ2) is 7.14. The third-order valence-corrected chi connectivity index (χ3v) is 3.30. The fourth-order valence-electron chi connectivity index (χ4n) is 1.58. The van der Waals surface area contributed by atoms with Crippen LogP contribution in [0.2, 0.25) is 5.02 Å². The molecule has 1 amide bonds. The molecule has 0 aromatic heterocycles. The van der Waals surface area contributed by atoms with E-state index in [1.807, 2.05) is 13.8 Å².